The molecule has 0 saturated carbocycles. The highest BCUT2D eigenvalue weighted by Crippen LogP contribution is 2.19. The Morgan fingerprint density at radius 2 is 2.12 bits per heavy atom. The lowest BCUT2D eigenvalue weighted by Crippen LogP contribution is -1.98. The molecular weight excluding hydrogens is 246 g/mol. The Labute approximate surface area is 102 Å². The lowest BCUT2D eigenvalue weighted by molar-refractivity contribution is 0.973. The van der Waals surface area contributed by atoms with E-state index in [2.05, 4.69) is 25.3 Å². The van der Waals surface area contributed by atoms with E-state index in [9.17, 15) is 0 Å². The average Bonchev–Trinajstić information content (AvgIpc) is 2.29. The van der Waals surface area contributed by atoms with Crippen LogP contribution in [0.5, 0.6) is 0 Å². The number of halogens is 1. The summed E-state index contributed by atoms with van der Waals surface area (Å²) in [5.74, 6) is 1.22. The van der Waals surface area contributed by atoms with Gasteiger partial charge in [0.15, 0.2) is 5.16 Å². The van der Waals surface area contributed by atoms with Crippen molar-refractivity contribution in [2.24, 2.45) is 0 Å². The Morgan fingerprint density at radius 1 is 1.25 bits per heavy atom. The zero-order valence-electron chi connectivity index (χ0n) is 8.38. The molecule has 0 bridgehead atoms. The Bertz CT molecular complexity index is 479. The number of hydrogen-bond donors (Lipinski definition) is 1. The molecule has 0 aromatic carbocycles. The molecule has 2 aromatic rings. The van der Waals surface area contributed by atoms with Crippen LogP contribution in [0.25, 0.3) is 0 Å². The molecule has 16 heavy (non-hydrogen) atoms. The molecule has 0 amide bonds. The number of nitrogens with one attached hydrogen (secondary N) is 1. The summed E-state index contributed by atoms with van der Waals surface area (Å²) in [6, 6.07) is 1.63. The summed E-state index contributed by atoms with van der Waals surface area (Å²) in [5.41, 5.74) is 0. The first kappa shape index (κ1) is 11.1. The molecule has 1 N–H and O–H groups in total. The van der Waals surface area contributed by atoms with Crippen molar-refractivity contribution in [2.45, 2.75) is 5.16 Å². The maximum atomic E-state index is 5.85. The number of aromatic nitrogens is 4. The van der Waals surface area contributed by atoms with Crippen LogP contribution in [0.4, 0.5) is 11.6 Å². The second-order valence-electron chi connectivity index (χ2n) is 2.78. The minimum absolute atomic E-state index is 0.394. The van der Waals surface area contributed by atoms with E-state index >= 15 is 0 Å². The molecule has 0 fully saturated rings. The Hall–Kier alpha value is -1.40. The van der Waals surface area contributed by atoms with E-state index in [0.717, 1.165) is 0 Å². The van der Waals surface area contributed by atoms with Crippen molar-refractivity contribution < 1.29 is 0 Å². The van der Waals surface area contributed by atoms with Crippen molar-refractivity contribution in [1.29, 1.82) is 0 Å². The molecule has 2 aromatic heterocycles. The minimum Gasteiger partial charge on any atom is -0.323 e. The molecule has 0 saturated heterocycles. The topological polar surface area (TPSA) is 63.6 Å². The number of hydrogen-bond acceptors (Lipinski definition) is 6. The van der Waals surface area contributed by atoms with Crippen molar-refractivity contribution in [3.8, 4) is 0 Å². The van der Waals surface area contributed by atoms with Crippen molar-refractivity contribution in [2.75, 3.05) is 11.6 Å². The van der Waals surface area contributed by atoms with E-state index in [-0.39, 0.29) is 0 Å². The normalized spacial score (nSPS) is 10.1. The van der Waals surface area contributed by atoms with E-state index in [1.165, 1.54) is 11.8 Å². The molecule has 7 heteroatoms. The van der Waals surface area contributed by atoms with Crippen LogP contribution in [-0.4, -0.2) is 26.2 Å². The standard InChI is InChI=1S/C9H8ClN5S/c1-16-9-13-6(10)4-7(15-9)14-8-5-11-2-3-12-8/h2-5H,1H3,(H,12,13,14,15). The van der Waals surface area contributed by atoms with Crippen LogP contribution < -0.4 is 5.32 Å². The van der Waals surface area contributed by atoms with Crippen LogP contribution >= 0.6 is 23.4 Å². The van der Waals surface area contributed by atoms with Gasteiger partial charge in [-0.3, -0.25) is 4.98 Å². The minimum atomic E-state index is 0.394. The van der Waals surface area contributed by atoms with Gasteiger partial charge in [0.25, 0.3) is 0 Å². The molecular formula is C9H8ClN5S. The number of rotatable bonds is 3. The molecule has 0 spiro atoms. The van der Waals surface area contributed by atoms with Gasteiger partial charge in [0.1, 0.15) is 16.8 Å². The van der Waals surface area contributed by atoms with Gasteiger partial charge in [-0.15, -0.1) is 0 Å². The Balaban J connectivity index is 2.24. The van der Waals surface area contributed by atoms with Crippen LogP contribution in [0.15, 0.2) is 29.8 Å². The lowest BCUT2D eigenvalue weighted by Gasteiger charge is -2.05. The molecule has 0 radical (unpaired) electrons. The van der Waals surface area contributed by atoms with Gasteiger partial charge in [-0.1, -0.05) is 23.4 Å². The van der Waals surface area contributed by atoms with E-state index in [1.807, 2.05) is 6.26 Å². The fourth-order valence-electron chi connectivity index (χ4n) is 1.05. The third-order valence-corrected chi connectivity index (χ3v) is 2.42. The van der Waals surface area contributed by atoms with E-state index in [4.69, 9.17) is 11.6 Å². The van der Waals surface area contributed by atoms with Crippen LogP contribution in [0.1, 0.15) is 0 Å². The van der Waals surface area contributed by atoms with Crippen LogP contribution in [0.2, 0.25) is 5.15 Å². The van der Waals surface area contributed by atoms with Crippen LogP contribution in [-0.2, 0) is 0 Å². The lowest BCUT2D eigenvalue weighted by atomic mass is 10.5. The van der Waals surface area contributed by atoms with Gasteiger partial charge in [-0.25, -0.2) is 15.0 Å². The van der Waals surface area contributed by atoms with Crippen LogP contribution in [0.3, 0.4) is 0 Å². The summed E-state index contributed by atoms with van der Waals surface area (Å²) in [6.45, 7) is 0. The maximum Gasteiger partial charge on any atom is 0.190 e. The van der Waals surface area contributed by atoms with E-state index in [0.29, 0.717) is 21.9 Å². The molecule has 5 nitrogen and oxygen atoms in total. The van der Waals surface area contributed by atoms with Gasteiger partial charge >= 0.3 is 0 Å². The summed E-state index contributed by atoms with van der Waals surface area (Å²) in [7, 11) is 0. The fraction of sp³-hybridized carbons (Fsp3) is 0.111. The van der Waals surface area contributed by atoms with Gasteiger partial charge in [0.05, 0.1) is 6.20 Å². The first-order valence-corrected chi connectivity index (χ1v) is 6.00. The largest absolute Gasteiger partial charge is 0.323 e. The smallest absolute Gasteiger partial charge is 0.190 e. The average molecular weight is 254 g/mol. The third-order valence-electron chi connectivity index (χ3n) is 1.68. The fourth-order valence-corrected chi connectivity index (χ4v) is 1.66. The van der Waals surface area contributed by atoms with Gasteiger partial charge in [0, 0.05) is 18.5 Å². The molecule has 2 rings (SSSR count). The van der Waals surface area contributed by atoms with E-state index < -0.39 is 0 Å². The molecule has 0 aliphatic carbocycles. The van der Waals surface area contributed by atoms with Gasteiger partial charge in [-0.05, 0) is 6.26 Å². The number of thioether (sulfide) groups is 1. The summed E-state index contributed by atoms with van der Waals surface area (Å²) >= 11 is 7.28. The molecule has 0 aliphatic rings. The zero-order chi connectivity index (χ0) is 11.4. The Morgan fingerprint density at radius 3 is 2.81 bits per heavy atom. The number of nitrogens with zero attached hydrogens (tertiary/aromatic N) is 4. The summed E-state index contributed by atoms with van der Waals surface area (Å²) in [5, 5.41) is 4.00. The maximum absolute atomic E-state index is 5.85. The molecule has 0 aliphatic heterocycles. The summed E-state index contributed by atoms with van der Waals surface area (Å²) in [6.07, 6.45) is 6.69. The first-order chi connectivity index (χ1) is 7.78. The monoisotopic (exact) mass is 253 g/mol. The second-order valence-corrected chi connectivity index (χ2v) is 3.94. The molecule has 82 valence electrons. The Kier molecular flexibility index (Phi) is 3.53. The molecule has 0 unspecified atom stereocenters. The summed E-state index contributed by atoms with van der Waals surface area (Å²) < 4.78 is 0. The van der Waals surface area contributed by atoms with Gasteiger partial charge in [-0.2, -0.15) is 0 Å². The van der Waals surface area contributed by atoms with E-state index in [1.54, 1.807) is 24.7 Å². The molecule has 0 atom stereocenters. The highest BCUT2D eigenvalue weighted by atomic mass is 35.5. The SMILES string of the molecule is CSc1nc(Cl)cc(Nc2cnccn2)n1. The van der Waals surface area contributed by atoms with Crippen molar-refractivity contribution in [3.63, 3.8) is 0 Å². The van der Waals surface area contributed by atoms with Crippen molar-refractivity contribution in [1.82, 2.24) is 19.9 Å². The quantitative estimate of drug-likeness (QED) is 0.515. The highest BCUT2D eigenvalue weighted by molar-refractivity contribution is 7.98. The predicted molar refractivity (Wildman–Crippen MR) is 64.1 cm³/mol. The van der Waals surface area contributed by atoms with Gasteiger partial charge < -0.3 is 5.32 Å². The second kappa shape index (κ2) is 5.09. The third kappa shape index (κ3) is 2.80. The van der Waals surface area contributed by atoms with Gasteiger partial charge in [0.2, 0.25) is 0 Å². The van der Waals surface area contributed by atoms with Crippen LogP contribution in [0, 0.1) is 0 Å². The zero-order valence-corrected chi connectivity index (χ0v) is 9.96. The summed E-state index contributed by atoms with van der Waals surface area (Å²) in [4.78, 5) is 16.3. The van der Waals surface area contributed by atoms with Crippen molar-refractivity contribution in [3.05, 3.63) is 29.8 Å². The van der Waals surface area contributed by atoms with Crippen molar-refractivity contribution >= 4 is 35.0 Å². The molecule has 2 heterocycles. The highest BCUT2D eigenvalue weighted by Gasteiger charge is 2.03. The number of anilines is 2. The predicted octanol–water partition coefficient (Wildman–Crippen LogP) is 2.39. The first-order valence-electron chi connectivity index (χ1n) is 4.39.